The molecule has 4 aromatic rings. The van der Waals surface area contributed by atoms with Crippen molar-refractivity contribution in [3.8, 4) is 34.5 Å². The molecular weight excluding hydrogens is 1120 g/mol. The zero-order valence-corrected chi connectivity index (χ0v) is 53.2. The molecule has 11 heteroatoms. The fourth-order valence-corrected chi connectivity index (χ4v) is 8.80. The molecule has 0 fully saturated rings. The topological polar surface area (TPSA) is 81.2 Å². The number of unbranched alkanes of at least 4 members (excludes halogenated alkanes) is 24. The van der Waals surface area contributed by atoms with Crippen LogP contribution in [0.25, 0.3) is 24.3 Å². The normalized spacial score (nSPS) is 10.8. The number of ether oxygens (including phenoxy) is 6. The second-order valence-electron chi connectivity index (χ2n) is 20.4. The van der Waals surface area contributed by atoms with Crippen LogP contribution in [0.3, 0.4) is 0 Å². The van der Waals surface area contributed by atoms with Crippen molar-refractivity contribution in [3.05, 3.63) is 95.6 Å². The number of benzene rings is 2. The second-order valence-corrected chi connectivity index (χ2v) is 20.4. The molecule has 0 aliphatic carbocycles. The maximum absolute atomic E-state index is 6.46. The molecule has 0 spiro atoms. The van der Waals surface area contributed by atoms with Crippen molar-refractivity contribution in [2.24, 2.45) is 0 Å². The van der Waals surface area contributed by atoms with Gasteiger partial charge in [-0.05, 0) is 98.2 Å². The van der Waals surface area contributed by atoms with Crippen molar-refractivity contribution in [1.29, 1.82) is 0 Å². The molecule has 79 heavy (non-hydrogen) atoms. The van der Waals surface area contributed by atoms with Gasteiger partial charge in [0.2, 0.25) is 11.5 Å². The number of halogens is 2. The molecule has 0 bridgehead atoms. The first-order valence-electron chi connectivity index (χ1n) is 30.9. The zero-order chi connectivity index (χ0) is 54.2. The standard InChI is InChI=1S/2C34H53NO3.2ClH.Pd/c2*1-4-7-10-13-16-27-36-32-22-21-31(20-19-30-23-25-35-26-24-30)33(37-28-17-14-11-8-5-2)34(32)38-29-18-15-12-9-6-3;;;/h2*19-26H,4-18,27-29H2,1-3H3;2*1H;/p-2/b2*20-19+;;;. The first kappa shape index (κ1) is 75.3. The molecule has 0 unspecified atom stereocenters. The molecule has 0 aliphatic heterocycles. The van der Waals surface area contributed by atoms with Gasteiger partial charge in [0.25, 0.3) is 0 Å². The van der Waals surface area contributed by atoms with Gasteiger partial charge in [-0.3, -0.25) is 9.97 Å². The average molecular weight is 1220 g/mol. The zero-order valence-electron chi connectivity index (χ0n) is 50.1. The first-order chi connectivity index (χ1) is 37.6. The van der Waals surface area contributed by atoms with Gasteiger partial charge in [-0.2, -0.15) is 0 Å². The van der Waals surface area contributed by atoms with Crippen LogP contribution in [0, 0.1) is 0 Å². The van der Waals surface area contributed by atoms with Crippen LogP contribution in [-0.4, -0.2) is 49.6 Å². The summed E-state index contributed by atoms with van der Waals surface area (Å²) in [5.74, 6) is 4.75. The number of nitrogens with zero attached hydrogens (tertiary/aromatic N) is 2. The molecule has 450 valence electrons. The van der Waals surface area contributed by atoms with Crippen LogP contribution >= 0.6 is 0 Å². The van der Waals surface area contributed by atoms with Crippen LogP contribution in [0.15, 0.2) is 73.3 Å². The molecule has 0 aliphatic rings. The molecule has 0 N–H and O–H groups in total. The SMILES string of the molecule is CCCCCCCOc1ccc(/C=C/c2ccncc2)c(OCCCCCCC)c1OCCCCCCC.CCCCCCCOc1ccc(/C=C/c2ccncc2)c(OCCCCCCC)c1OCCCCCCC.[Cl-].[Cl-].[Pd]. The Balaban J connectivity index is 0.00000148. The summed E-state index contributed by atoms with van der Waals surface area (Å²) in [6, 6.07) is 16.3. The van der Waals surface area contributed by atoms with E-state index in [1.807, 2.05) is 49.1 Å². The van der Waals surface area contributed by atoms with Gasteiger partial charge in [-0.15, -0.1) is 0 Å². The van der Waals surface area contributed by atoms with Crippen molar-refractivity contribution in [3.63, 3.8) is 0 Å². The molecule has 0 amide bonds. The quantitative estimate of drug-likeness (QED) is 0.0320. The summed E-state index contributed by atoms with van der Waals surface area (Å²) in [4.78, 5) is 8.26. The molecule has 0 radical (unpaired) electrons. The fraction of sp³-hybridized carbons (Fsp3) is 0.618. The Morgan fingerprint density at radius 2 is 0.519 bits per heavy atom. The predicted octanol–water partition coefficient (Wildman–Crippen LogP) is 14.6. The molecule has 2 heterocycles. The van der Waals surface area contributed by atoms with Gasteiger partial charge < -0.3 is 53.2 Å². The average Bonchev–Trinajstić information content (AvgIpc) is 3.46. The van der Waals surface area contributed by atoms with Crippen LogP contribution < -0.4 is 53.2 Å². The van der Waals surface area contributed by atoms with E-state index in [1.54, 1.807) is 0 Å². The number of rotatable bonds is 46. The monoisotopic (exact) mass is 1220 g/mol. The van der Waals surface area contributed by atoms with Crippen molar-refractivity contribution < 1.29 is 73.7 Å². The van der Waals surface area contributed by atoms with Crippen LogP contribution in [0.1, 0.15) is 256 Å². The Kier molecular flexibility index (Phi) is 51.0. The van der Waals surface area contributed by atoms with E-state index in [1.165, 1.54) is 154 Å². The molecule has 0 saturated carbocycles. The van der Waals surface area contributed by atoms with Crippen molar-refractivity contribution in [2.75, 3.05) is 39.6 Å². The van der Waals surface area contributed by atoms with Gasteiger partial charge in [0.1, 0.15) is 0 Å². The Labute approximate surface area is 508 Å². The van der Waals surface area contributed by atoms with Crippen LogP contribution in [0.2, 0.25) is 0 Å². The summed E-state index contributed by atoms with van der Waals surface area (Å²) >= 11 is 0. The minimum absolute atomic E-state index is 0. The summed E-state index contributed by atoms with van der Waals surface area (Å²) < 4.78 is 38.4. The van der Waals surface area contributed by atoms with Crippen LogP contribution in [0.5, 0.6) is 34.5 Å². The Morgan fingerprint density at radius 1 is 0.278 bits per heavy atom. The molecule has 0 atom stereocenters. The van der Waals surface area contributed by atoms with E-state index in [9.17, 15) is 0 Å². The van der Waals surface area contributed by atoms with Gasteiger partial charge in [-0.25, -0.2) is 0 Å². The summed E-state index contributed by atoms with van der Waals surface area (Å²) in [5, 5.41) is 0. The predicted molar refractivity (Wildman–Crippen MR) is 325 cm³/mol. The van der Waals surface area contributed by atoms with Crippen molar-refractivity contribution in [2.45, 2.75) is 234 Å². The minimum Gasteiger partial charge on any atom is -1.00 e. The first-order valence-corrected chi connectivity index (χ1v) is 30.9. The van der Waals surface area contributed by atoms with E-state index in [-0.39, 0.29) is 45.2 Å². The van der Waals surface area contributed by atoms with E-state index in [2.05, 4.69) is 100 Å². The van der Waals surface area contributed by atoms with E-state index in [4.69, 9.17) is 28.4 Å². The van der Waals surface area contributed by atoms with E-state index >= 15 is 0 Å². The van der Waals surface area contributed by atoms with E-state index < -0.39 is 0 Å². The molecule has 4 rings (SSSR count). The maximum Gasteiger partial charge on any atom is 0.204 e. The van der Waals surface area contributed by atoms with Crippen LogP contribution in [0.4, 0.5) is 0 Å². The Morgan fingerprint density at radius 3 is 0.785 bits per heavy atom. The second kappa shape index (κ2) is 53.6. The molecular formula is C68H106Cl2N2O6Pd-2. The summed E-state index contributed by atoms with van der Waals surface area (Å²) in [6.45, 7) is 17.6. The number of hydrogen-bond donors (Lipinski definition) is 0. The van der Waals surface area contributed by atoms with Crippen molar-refractivity contribution >= 4 is 24.3 Å². The number of aromatic nitrogens is 2. The third-order valence-electron chi connectivity index (χ3n) is 13.5. The summed E-state index contributed by atoms with van der Waals surface area (Å²) in [7, 11) is 0. The van der Waals surface area contributed by atoms with Gasteiger partial charge in [0.15, 0.2) is 23.0 Å². The third kappa shape index (κ3) is 35.7. The minimum atomic E-state index is 0. The Bertz CT molecular complexity index is 1900. The smallest absolute Gasteiger partial charge is 0.204 e. The summed E-state index contributed by atoms with van der Waals surface area (Å²) in [5.41, 5.74) is 4.26. The fourth-order valence-electron chi connectivity index (χ4n) is 8.80. The number of hydrogen-bond acceptors (Lipinski definition) is 8. The van der Waals surface area contributed by atoms with Gasteiger partial charge in [-0.1, -0.05) is 220 Å². The maximum atomic E-state index is 6.46. The Hall–Kier alpha value is -3.74. The largest absolute Gasteiger partial charge is 1.00 e. The van der Waals surface area contributed by atoms with Gasteiger partial charge in [0.05, 0.1) is 39.6 Å². The molecule has 8 nitrogen and oxygen atoms in total. The summed E-state index contributed by atoms with van der Waals surface area (Å²) in [6.07, 6.45) is 52.0. The van der Waals surface area contributed by atoms with Gasteiger partial charge >= 0.3 is 0 Å². The number of pyridine rings is 2. The molecule has 2 aromatic heterocycles. The van der Waals surface area contributed by atoms with E-state index in [0.29, 0.717) is 39.6 Å². The van der Waals surface area contributed by atoms with Crippen molar-refractivity contribution in [1.82, 2.24) is 9.97 Å². The molecule has 2 aromatic carbocycles. The van der Waals surface area contributed by atoms with E-state index in [0.717, 1.165) is 95.3 Å². The third-order valence-corrected chi connectivity index (χ3v) is 13.5. The van der Waals surface area contributed by atoms with Crippen LogP contribution in [-0.2, 0) is 20.4 Å². The molecule has 0 saturated heterocycles. The van der Waals surface area contributed by atoms with Gasteiger partial charge in [0, 0.05) is 56.3 Å².